The van der Waals surface area contributed by atoms with Crippen LogP contribution in [0, 0.1) is 0 Å². The highest BCUT2D eigenvalue weighted by atomic mass is 35.5. The number of hydrogen-bond donors (Lipinski definition) is 3. The lowest BCUT2D eigenvalue weighted by Gasteiger charge is -2.28. The highest BCUT2D eigenvalue weighted by Gasteiger charge is 2.34. The maximum Gasteiger partial charge on any atom is 0.255 e. The van der Waals surface area contributed by atoms with Gasteiger partial charge in [0.2, 0.25) is 11.1 Å². The summed E-state index contributed by atoms with van der Waals surface area (Å²) < 4.78 is 1.68. The zero-order valence-corrected chi connectivity index (χ0v) is 20.2. The topological polar surface area (TPSA) is 105 Å². The van der Waals surface area contributed by atoms with E-state index in [-0.39, 0.29) is 11.7 Å². The summed E-state index contributed by atoms with van der Waals surface area (Å²) in [5.74, 6) is 0.902. The Hall–Kier alpha value is -3.82. The van der Waals surface area contributed by atoms with Gasteiger partial charge < -0.3 is 15.7 Å². The molecule has 1 aliphatic heterocycles. The Kier molecular flexibility index (Phi) is 6.43. The van der Waals surface area contributed by atoms with Crippen LogP contribution >= 0.6 is 23.4 Å². The molecule has 2 aromatic heterocycles. The lowest BCUT2D eigenvalue weighted by atomic mass is 9.95. The van der Waals surface area contributed by atoms with Gasteiger partial charge in [-0.3, -0.25) is 9.78 Å². The molecule has 2 aromatic carbocycles. The average Bonchev–Trinajstić information content (AvgIpc) is 3.25. The molecule has 4 aromatic rings. The molecular weight excluding hydrogens is 484 g/mol. The molecule has 1 unspecified atom stereocenters. The van der Waals surface area contributed by atoms with E-state index >= 15 is 0 Å². The molecule has 1 aliphatic rings. The van der Waals surface area contributed by atoms with E-state index in [2.05, 4.69) is 20.6 Å². The molecule has 0 fully saturated rings. The van der Waals surface area contributed by atoms with Gasteiger partial charge in [0, 0.05) is 22.7 Å². The predicted octanol–water partition coefficient (Wildman–Crippen LogP) is 5.25. The van der Waals surface area contributed by atoms with Crippen LogP contribution in [0.3, 0.4) is 0 Å². The van der Waals surface area contributed by atoms with E-state index in [1.54, 1.807) is 47.4 Å². The summed E-state index contributed by atoms with van der Waals surface area (Å²) in [6.07, 6.45) is 3.22. The standard InChI is InChI=1S/C25H21ClN6O2S/c1-15-21(23(34)29-18-8-5-11-27-13-18)22(16-7-4-9-19(33)12-16)32-24(28-15)30-25(31-32)35-14-17-6-2-3-10-20(17)26/h2-13,22,33H,14H2,1H3,(H,29,34)(H,28,30,31). The van der Waals surface area contributed by atoms with Crippen LogP contribution in [0.1, 0.15) is 24.1 Å². The number of hydrogen-bond acceptors (Lipinski definition) is 7. The van der Waals surface area contributed by atoms with Gasteiger partial charge in [-0.1, -0.05) is 53.7 Å². The van der Waals surface area contributed by atoms with E-state index in [0.29, 0.717) is 44.4 Å². The number of aromatic hydroxyl groups is 1. The number of anilines is 2. The number of thioether (sulfide) groups is 1. The second-order valence-electron chi connectivity index (χ2n) is 7.90. The Bertz CT molecular complexity index is 1420. The number of amides is 1. The molecule has 1 amide bonds. The Morgan fingerprint density at radius 3 is 2.83 bits per heavy atom. The number of benzene rings is 2. The number of fused-ring (bicyclic) bond motifs is 1. The number of halogens is 1. The molecule has 35 heavy (non-hydrogen) atoms. The first-order chi connectivity index (χ1) is 17.0. The largest absolute Gasteiger partial charge is 0.508 e. The molecule has 0 radical (unpaired) electrons. The van der Waals surface area contributed by atoms with Crippen molar-refractivity contribution in [3.8, 4) is 5.75 Å². The molecule has 176 valence electrons. The number of phenols is 1. The summed E-state index contributed by atoms with van der Waals surface area (Å²) >= 11 is 7.75. The minimum absolute atomic E-state index is 0.0979. The first-order valence-electron chi connectivity index (χ1n) is 10.8. The number of phenolic OH excluding ortho intramolecular Hbond substituents is 1. The van der Waals surface area contributed by atoms with Crippen molar-refractivity contribution >= 4 is 40.9 Å². The minimum Gasteiger partial charge on any atom is -0.508 e. The van der Waals surface area contributed by atoms with Gasteiger partial charge in [0.1, 0.15) is 11.8 Å². The van der Waals surface area contributed by atoms with Crippen LogP contribution in [-0.2, 0) is 10.5 Å². The summed E-state index contributed by atoms with van der Waals surface area (Å²) in [4.78, 5) is 22.1. The first-order valence-corrected chi connectivity index (χ1v) is 12.2. The second-order valence-corrected chi connectivity index (χ2v) is 9.25. The maximum atomic E-state index is 13.4. The Morgan fingerprint density at radius 2 is 2.06 bits per heavy atom. The van der Waals surface area contributed by atoms with Crippen molar-refractivity contribution in [2.75, 3.05) is 10.6 Å². The summed E-state index contributed by atoms with van der Waals surface area (Å²) in [6.45, 7) is 1.82. The number of rotatable bonds is 6. The van der Waals surface area contributed by atoms with Gasteiger partial charge in [0.05, 0.1) is 17.5 Å². The molecule has 0 aliphatic carbocycles. The number of carbonyl (C=O) groups excluding carboxylic acids is 1. The van der Waals surface area contributed by atoms with Gasteiger partial charge in [-0.2, -0.15) is 4.98 Å². The Labute approximate surface area is 211 Å². The molecule has 3 N–H and O–H groups in total. The summed E-state index contributed by atoms with van der Waals surface area (Å²) in [7, 11) is 0. The molecule has 1 atom stereocenters. The van der Waals surface area contributed by atoms with E-state index in [4.69, 9.17) is 16.7 Å². The predicted molar refractivity (Wildman–Crippen MR) is 136 cm³/mol. The molecule has 3 heterocycles. The Morgan fingerprint density at radius 1 is 1.20 bits per heavy atom. The third-order valence-corrected chi connectivity index (χ3v) is 6.75. The van der Waals surface area contributed by atoms with Crippen LogP contribution in [0.25, 0.3) is 0 Å². The highest BCUT2D eigenvalue weighted by Crippen LogP contribution is 2.38. The zero-order valence-electron chi connectivity index (χ0n) is 18.6. The van der Waals surface area contributed by atoms with Crippen molar-refractivity contribution in [3.63, 3.8) is 0 Å². The van der Waals surface area contributed by atoms with Crippen LogP contribution in [0.5, 0.6) is 5.75 Å². The summed E-state index contributed by atoms with van der Waals surface area (Å²) in [6, 6.07) is 17.4. The molecule has 5 rings (SSSR count). The van der Waals surface area contributed by atoms with Crippen LogP contribution in [0.4, 0.5) is 11.6 Å². The molecular formula is C25H21ClN6O2S. The smallest absolute Gasteiger partial charge is 0.255 e. The quantitative estimate of drug-likeness (QED) is 0.308. The van der Waals surface area contributed by atoms with Gasteiger partial charge in [-0.05, 0) is 48.4 Å². The molecule has 0 saturated heterocycles. The molecule has 8 nitrogen and oxygen atoms in total. The van der Waals surface area contributed by atoms with Crippen molar-refractivity contribution in [1.82, 2.24) is 19.7 Å². The fourth-order valence-corrected chi connectivity index (χ4v) is 5.00. The third kappa shape index (κ3) is 4.87. The Balaban J connectivity index is 1.50. The van der Waals surface area contributed by atoms with E-state index in [9.17, 15) is 9.90 Å². The summed E-state index contributed by atoms with van der Waals surface area (Å²) in [5.41, 5.74) is 3.36. The third-order valence-electron chi connectivity index (χ3n) is 5.50. The maximum absolute atomic E-state index is 13.4. The SMILES string of the molecule is CC1=C(C(=O)Nc2cccnc2)C(c2cccc(O)c2)n2nc(SCc3ccccc3Cl)nc2N1. The summed E-state index contributed by atoms with van der Waals surface area (Å²) in [5, 5.41) is 22.2. The van der Waals surface area contributed by atoms with Gasteiger partial charge in [-0.25, -0.2) is 4.68 Å². The average molecular weight is 505 g/mol. The number of allylic oxidation sites excluding steroid dienone is 1. The minimum atomic E-state index is -0.600. The van der Waals surface area contributed by atoms with E-state index in [0.717, 1.165) is 5.56 Å². The zero-order chi connectivity index (χ0) is 24.4. The van der Waals surface area contributed by atoms with Gasteiger partial charge in [-0.15, -0.1) is 5.10 Å². The second kappa shape index (κ2) is 9.81. The number of nitrogens with one attached hydrogen (secondary N) is 2. The van der Waals surface area contributed by atoms with Crippen molar-refractivity contribution in [2.45, 2.75) is 23.9 Å². The molecule has 10 heteroatoms. The fraction of sp³-hybridized carbons (Fsp3) is 0.120. The lowest BCUT2D eigenvalue weighted by molar-refractivity contribution is -0.113. The number of nitrogens with zero attached hydrogens (tertiary/aromatic N) is 4. The van der Waals surface area contributed by atoms with Crippen LogP contribution in [0.15, 0.2) is 89.5 Å². The van der Waals surface area contributed by atoms with Crippen LogP contribution in [0.2, 0.25) is 5.02 Å². The fourth-order valence-electron chi connectivity index (χ4n) is 3.88. The van der Waals surface area contributed by atoms with Gasteiger partial charge in [0.25, 0.3) is 5.91 Å². The highest BCUT2D eigenvalue weighted by molar-refractivity contribution is 7.98. The lowest BCUT2D eigenvalue weighted by Crippen LogP contribution is -2.31. The first kappa shape index (κ1) is 22.9. The van der Waals surface area contributed by atoms with Gasteiger partial charge in [0.15, 0.2) is 0 Å². The van der Waals surface area contributed by atoms with E-state index in [1.165, 1.54) is 11.8 Å². The number of aromatic nitrogens is 4. The normalized spacial score (nSPS) is 14.9. The van der Waals surface area contributed by atoms with Crippen molar-refractivity contribution in [3.05, 3.63) is 100 Å². The van der Waals surface area contributed by atoms with Crippen molar-refractivity contribution in [1.29, 1.82) is 0 Å². The number of carbonyl (C=O) groups is 1. The van der Waals surface area contributed by atoms with Gasteiger partial charge >= 0.3 is 0 Å². The monoisotopic (exact) mass is 504 g/mol. The van der Waals surface area contributed by atoms with E-state index < -0.39 is 6.04 Å². The van der Waals surface area contributed by atoms with Crippen molar-refractivity contribution in [2.24, 2.45) is 0 Å². The van der Waals surface area contributed by atoms with Crippen LogP contribution < -0.4 is 10.6 Å². The number of pyridine rings is 1. The van der Waals surface area contributed by atoms with E-state index in [1.807, 2.05) is 37.3 Å². The molecule has 0 saturated carbocycles. The van der Waals surface area contributed by atoms with Crippen LogP contribution in [-0.4, -0.2) is 30.8 Å². The van der Waals surface area contributed by atoms with Crippen molar-refractivity contribution < 1.29 is 9.90 Å². The molecule has 0 bridgehead atoms. The molecule has 0 spiro atoms.